The third kappa shape index (κ3) is 5.70. The summed E-state index contributed by atoms with van der Waals surface area (Å²) in [5.74, 6) is -0.0378. The molecule has 0 aliphatic rings. The van der Waals surface area contributed by atoms with E-state index in [1.165, 1.54) is 32.1 Å². The maximum atomic E-state index is 11.2. The number of rotatable bonds is 9. The van der Waals surface area contributed by atoms with Gasteiger partial charge >= 0.3 is 0 Å². The Morgan fingerprint density at radius 2 is 2.11 bits per heavy atom. The van der Waals surface area contributed by atoms with Crippen molar-refractivity contribution in [2.24, 2.45) is 0 Å². The molecule has 18 heavy (non-hydrogen) atoms. The molecule has 1 aromatic rings. The molecule has 1 heterocycles. The molecule has 0 saturated carbocycles. The minimum absolute atomic E-state index is 0.0378. The first-order valence-electron chi connectivity index (χ1n) is 6.73. The Morgan fingerprint density at radius 1 is 1.33 bits per heavy atom. The van der Waals surface area contributed by atoms with E-state index in [2.05, 4.69) is 22.7 Å². The van der Waals surface area contributed by atoms with Crippen LogP contribution in [0.5, 0.6) is 0 Å². The molecule has 0 bridgehead atoms. The fourth-order valence-electron chi connectivity index (χ4n) is 1.73. The second kappa shape index (κ2) is 8.55. The lowest BCUT2D eigenvalue weighted by Crippen LogP contribution is -2.23. The maximum absolute atomic E-state index is 11.2. The predicted octanol–water partition coefficient (Wildman–Crippen LogP) is 2.01. The Balaban J connectivity index is 2.17. The van der Waals surface area contributed by atoms with Crippen LogP contribution in [0.2, 0.25) is 0 Å². The van der Waals surface area contributed by atoms with Crippen molar-refractivity contribution in [3.8, 4) is 0 Å². The molecular weight excluding hydrogens is 228 g/mol. The van der Waals surface area contributed by atoms with Gasteiger partial charge in [0.25, 0.3) is 0 Å². The Kier molecular flexibility index (Phi) is 6.91. The molecule has 102 valence electrons. The number of likely N-dealkylation sites (N-methyl/N-ethyl adjacent to an activating group) is 1. The van der Waals surface area contributed by atoms with E-state index in [0.29, 0.717) is 0 Å². The van der Waals surface area contributed by atoms with Crippen LogP contribution < -0.4 is 10.6 Å². The normalized spacial score (nSPS) is 10.3. The van der Waals surface area contributed by atoms with E-state index >= 15 is 0 Å². The molecule has 5 nitrogen and oxygen atoms in total. The highest BCUT2D eigenvalue weighted by atomic mass is 16.1. The van der Waals surface area contributed by atoms with Crippen LogP contribution in [0.15, 0.2) is 12.4 Å². The zero-order valence-electron chi connectivity index (χ0n) is 11.4. The third-order valence-corrected chi connectivity index (χ3v) is 2.83. The number of hydrogen-bond donors (Lipinski definition) is 2. The van der Waals surface area contributed by atoms with Crippen LogP contribution in [0, 0.1) is 0 Å². The van der Waals surface area contributed by atoms with Crippen molar-refractivity contribution in [2.45, 2.75) is 45.6 Å². The summed E-state index contributed by atoms with van der Waals surface area (Å²) < 4.78 is 1.64. The number of aromatic nitrogens is 2. The van der Waals surface area contributed by atoms with E-state index in [0.717, 1.165) is 12.2 Å². The average molecular weight is 252 g/mol. The molecule has 0 spiro atoms. The van der Waals surface area contributed by atoms with Gasteiger partial charge in [0.05, 0.1) is 11.9 Å². The van der Waals surface area contributed by atoms with Crippen LogP contribution in [0.25, 0.3) is 0 Å². The third-order valence-electron chi connectivity index (χ3n) is 2.83. The molecule has 5 heteroatoms. The second-order valence-corrected chi connectivity index (χ2v) is 4.44. The summed E-state index contributed by atoms with van der Waals surface area (Å²) in [5.41, 5.74) is 0.981. The van der Waals surface area contributed by atoms with Crippen molar-refractivity contribution in [1.29, 1.82) is 0 Å². The zero-order chi connectivity index (χ0) is 13.2. The summed E-state index contributed by atoms with van der Waals surface area (Å²) in [6, 6.07) is 0. The molecule has 0 saturated heterocycles. The molecule has 1 rings (SSSR count). The lowest BCUT2D eigenvalue weighted by atomic mass is 10.1. The SMILES string of the molecule is CCCCCCCNc1cnn(CC(=O)NC)c1. The van der Waals surface area contributed by atoms with Gasteiger partial charge in [0.15, 0.2) is 0 Å². The summed E-state index contributed by atoms with van der Waals surface area (Å²) >= 11 is 0. The minimum atomic E-state index is -0.0378. The fourth-order valence-corrected chi connectivity index (χ4v) is 1.73. The van der Waals surface area contributed by atoms with Gasteiger partial charge in [-0.3, -0.25) is 9.48 Å². The van der Waals surface area contributed by atoms with E-state index < -0.39 is 0 Å². The molecule has 0 aliphatic heterocycles. The summed E-state index contributed by atoms with van der Waals surface area (Å²) in [6.45, 7) is 3.46. The molecular formula is C13H24N4O. The highest BCUT2D eigenvalue weighted by Gasteiger charge is 2.02. The zero-order valence-corrected chi connectivity index (χ0v) is 11.4. The number of amides is 1. The fraction of sp³-hybridized carbons (Fsp3) is 0.692. The molecule has 0 fully saturated rings. The second-order valence-electron chi connectivity index (χ2n) is 4.44. The Bertz CT molecular complexity index is 349. The largest absolute Gasteiger partial charge is 0.383 e. The predicted molar refractivity (Wildman–Crippen MR) is 73.5 cm³/mol. The van der Waals surface area contributed by atoms with Crippen LogP contribution in [0.1, 0.15) is 39.0 Å². The number of nitrogens with zero attached hydrogens (tertiary/aromatic N) is 2. The highest BCUT2D eigenvalue weighted by molar-refractivity contribution is 5.75. The monoisotopic (exact) mass is 252 g/mol. The van der Waals surface area contributed by atoms with Gasteiger partial charge in [0, 0.05) is 19.8 Å². The van der Waals surface area contributed by atoms with Crippen LogP contribution in [-0.2, 0) is 11.3 Å². The van der Waals surface area contributed by atoms with Crippen LogP contribution in [-0.4, -0.2) is 29.3 Å². The van der Waals surface area contributed by atoms with Crippen molar-refractivity contribution < 1.29 is 4.79 Å². The molecule has 0 radical (unpaired) electrons. The van der Waals surface area contributed by atoms with Gasteiger partial charge in [-0.25, -0.2) is 0 Å². The van der Waals surface area contributed by atoms with Gasteiger partial charge in [0.2, 0.25) is 5.91 Å². The summed E-state index contributed by atoms with van der Waals surface area (Å²) in [6.07, 6.45) is 9.99. The van der Waals surface area contributed by atoms with Crippen molar-refractivity contribution in [3.63, 3.8) is 0 Å². The molecule has 2 N–H and O–H groups in total. The van der Waals surface area contributed by atoms with Gasteiger partial charge in [-0.05, 0) is 6.42 Å². The van der Waals surface area contributed by atoms with Crippen LogP contribution in [0.3, 0.4) is 0 Å². The van der Waals surface area contributed by atoms with Crippen LogP contribution >= 0.6 is 0 Å². The summed E-state index contributed by atoms with van der Waals surface area (Å²) in [5, 5.41) is 10.0. The van der Waals surface area contributed by atoms with Crippen molar-refractivity contribution in [2.75, 3.05) is 18.9 Å². The van der Waals surface area contributed by atoms with E-state index in [1.807, 2.05) is 6.20 Å². The van der Waals surface area contributed by atoms with Crippen molar-refractivity contribution >= 4 is 11.6 Å². The first kappa shape index (κ1) is 14.5. The van der Waals surface area contributed by atoms with Crippen molar-refractivity contribution in [1.82, 2.24) is 15.1 Å². The quantitative estimate of drug-likeness (QED) is 0.661. The molecule has 0 atom stereocenters. The van der Waals surface area contributed by atoms with Gasteiger partial charge in [-0.15, -0.1) is 0 Å². The lowest BCUT2D eigenvalue weighted by Gasteiger charge is -2.03. The minimum Gasteiger partial charge on any atom is -0.383 e. The Morgan fingerprint density at radius 3 is 2.83 bits per heavy atom. The standard InChI is InChI=1S/C13H24N4O/c1-3-4-5-6-7-8-15-12-9-16-17(10-12)11-13(18)14-2/h9-10,15H,3-8,11H2,1-2H3,(H,14,18). The highest BCUT2D eigenvalue weighted by Crippen LogP contribution is 2.06. The lowest BCUT2D eigenvalue weighted by molar-refractivity contribution is -0.121. The summed E-state index contributed by atoms with van der Waals surface area (Å²) in [7, 11) is 1.63. The molecule has 1 amide bonds. The maximum Gasteiger partial charge on any atom is 0.241 e. The van der Waals surface area contributed by atoms with Crippen molar-refractivity contribution in [3.05, 3.63) is 12.4 Å². The van der Waals surface area contributed by atoms with Gasteiger partial charge in [-0.2, -0.15) is 5.10 Å². The van der Waals surface area contributed by atoms with E-state index in [4.69, 9.17) is 0 Å². The van der Waals surface area contributed by atoms with Crippen LogP contribution in [0.4, 0.5) is 5.69 Å². The Labute approximate surface area is 109 Å². The number of carbonyl (C=O) groups is 1. The number of nitrogens with one attached hydrogen (secondary N) is 2. The number of unbranched alkanes of at least 4 members (excludes halogenated alkanes) is 4. The van der Waals surface area contributed by atoms with Gasteiger partial charge in [0.1, 0.15) is 6.54 Å². The molecule has 0 aromatic carbocycles. The van der Waals surface area contributed by atoms with Gasteiger partial charge in [-0.1, -0.05) is 32.6 Å². The average Bonchev–Trinajstić information content (AvgIpc) is 2.81. The number of carbonyl (C=O) groups excluding carboxylic acids is 1. The van der Waals surface area contributed by atoms with E-state index in [1.54, 1.807) is 17.9 Å². The van der Waals surface area contributed by atoms with E-state index in [9.17, 15) is 4.79 Å². The molecule has 0 unspecified atom stereocenters. The number of hydrogen-bond acceptors (Lipinski definition) is 3. The van der Waals surface area contributed by atoms with Gasteiger partial charge < -0.3 is 10.6 Å². The van der Waals surface area contributed by atoms with E-state index in [-0.39, 0.29) is 12.5 Å². The Hall–Kier alpha value is -1.52. The molecule has 1 aromatic heterocycles. The smallest absolute Gasteiger partial charge is 0.241 e. The first-order valence-corrected chi connectivity index (χ1v) is 6.73. The first-order chi connectivity index (χ1) is 8.76. The number of anilines is 1. The molecule has 0 aliphatic carbocycles. The summed E-state index contributed by atoms with van der Waals surface area (Å²) in [4.78, 5) is 11.2. The topological polar surface area (TPSA) is 59.0 Å².